The minimum Gasteiger partial charge on any atom is -0.383 e. The zero-order valence-corrected chi connectivity index (χ0v) is 11.0. The van der Waals surface area contributed by atoms with Crippen molar-refractivity contribution in [2.45, 2.75) is 25.5 Å². The Labute approximate surface area is 103 Å². The molecule has 0 aromatic heterocycles. The first kappa shape index (κ1) is 15.3. The quantitative estimate of drug-likeness (QED) is 0.687. The summed E-state index contributed by atoms with van der Waals surface area (Å²) in [4.78, 5) is 13.6. The molecule has 0 aliphatic carbocycles. The Balaban J connectivity index is 4.36. The van der Waals surface area contributed by atoms with Gasteiger partial charge in [-0.25, -0.2) is 0 Å². The van der Waals surface area contributed by atoms with Crippen LogP contribution in [0, 0.1) is 17.2 Å². The second kappa shape index (κ2) is 8.43. The third-order valence-electron chi connectivity index (χ3n) is 2.26. The van der Waals surface area contributed by atoms with E-state index in [0.29, 0.717) is 26.1 Å². The van der Waals surface area contributed by atoms with Crippen LogP contribution in [-0.2, 0) is 9.53 Å². The predicted octanol–water partition coefficient (Wildman–Crippen LogP) is 1.33. The highest BCUT2D eigenvalue weighted by atomic mass is 32.1. The molecule has 1 amide bonds. The summed E-state index contributed by atoms with van der Waals surface area (Å²) in [5.74, 6) is 0.161. The predicted molar refractivity (Wildman–Crippen MR) is 66.3 cm³/mol. The maximum Gasteiger partial charge on any atom is 0.235 e. The molecule has 5 heteroatoms. The molecule has 0 bridgehead atoms. The third-order valence-corrected chi connectivity index (χ3v) is 3.07. The summed E-state index contributed by atoms with van der Waals surface area (Å²) in [6.45, 7) is 5.35. The molecule has 0 aromatic carbocycles. The zero-order chi connectivity index (χ0) is 12.6. The molecule has 1 unspecified atom stereocenters. The Morgan fingerprint density at radius 2 is 2.12 bits per heavy atom. The van der Waals surface area contributed by atoms with Gasteiger partial charge in [-0.3, -0.25) is 4.79 Å². The monoisotopic (exact) mass is 244 g/mol. The molecule has 0 saturated carbocycles. The molecular formula is C11H20N2O2S. The lowest BCUT2D eigenvalue weighted by Crippen LogP contribution is -2.41. The topological polar surface area (TPSA) is 53.3 Å². The van der Waals surface area contributed by atoms with Gasteiger partial charge in [0.05, 0.1) is 24.3 Å². The van der Waals surface area contributed by atoms with Gasteiger partial charge in [-0.05, 0) is 5.92 Å². The van der Waals surface area contributed by atoms with E-state index in [9.17, 15) is 4.79 Å². The van der Waals surface area contributed by atoms with Gasteiger partial charge in [0, 0.05) is 20.2 Å². The number of carbonyl (C=O) groups is 1. The summed E-state index contributed by atoms with van der Waals surface area (Å²) in [7, 11) is 1.59. The largest absolute Gasteiger partial charge is 0.383 e. The third kappa shape index (κ3) is 5.38. The minimum atomic E-state index is -0.310. The lowest BCUT2D eigenvalue weighted by molar-refractivity contribution is -0.131. The van der Waals surface area contributed by atoms with Crippen LogP contribution in [-0.4, -0.2) is 42.9 Å². The first-order valence-electron chi connectivity index (χ1n) is 5.37. The number of hydrogen-bond acceptors (Lipinski definition) is 4. The van der Waals surface area contributed by atoms with Crippen LogP contribution < -0.4 is 0 Å². The van der Waals surface area contributed by atoms with Crippen molar-refractivity contribution >= 4 is 18.5 Å². The van der Waals surface area contributed by atoms with Gasteiger partial charge in [0.25, 0.3) is 0 Å². The normalized spacial score (nSPS) is 12.2. The Hall–Kier alpha value is -0.730. The maximum absolute atomic E-state index is 12.0. The molecular weight excluding hydrogens is 224 g/mol. The number of hydrogen-bond donors (Lipinski definition) is 1. The van der Waals surface area contributed by atoms with Crippen LogP contribution in [0.2, 0.25) is 0 Å². The van der Waals surface area contributed by atoms with Crippen LogP contribution >= 0.6 is 12.6 Å². The van der Waals surface area contributed by atoms with E-state index in [4.69, 9.17) is 10.00 Å². The van der Waals surface area contributed by atoms with Crippen molar-refractivity contribution in [1.29, 1.82) is 5.26 Å². The van der Waals surface area contributed by atoms with Crippen molar-refractivity contribution < 1.29 is 9.53 Å². The van der Waals surface area contributed by atoms with Crippen molar-refractivity contribution in [3.05, 3.63) is 0 Å². The average molecular weight is 244 g/mol. The highest BCUT2D eigenvalue weighted by molar-refractivity contribution is 7.81. The highest BCUT2D eigenvalue weighted by Crippen LogP contribution is 2.12. The van der Waals surface area contributed by atoms with Crippen molar-refractivity contribution in [2.75, 3.05) is 26.8 Å². The van der Waals surface area contributed by atoms with Crippen molar-refractivity contribution in [3.8, 4) is 6.07 Å². The van der Waals surface area contributed by atoms with Crippen molar-refractivity contribution in [3.63, 3.8) is 0 Å². The molecule has 0 aliphatic heterocycles. The summed E-state index contributed by atoms with van der Waals surface area (Å²) in [5.41, 5.74) is 0. The fraction of sp³-hybridized carbons (Fsp3) is 0.818. The van der Waals surface area contributed by atoms with E-state index in [2.05, 4.69) is 12.6 Å². The maximum atomic E-state index is 12.0. The summed E-state index contributed by atoms with van der Waals surface area (Å²) in [6.07, 6.45) is 0.341. The molecule has 0 fully saturated rings. The van der Waals surface area contributed by atoms with Gasteiger partial charge < -0.3 is 9.64 Å². The van der Waals surface area contributed by atoms with Gasteiger partial charge in [-0.1, -0.05) is 13.8 Å². The molecule has 16 heavy (non-hydrogen) atoms. The van der Waals surface area contributed by atoms with Crippen LogP contribution in [0.5, 0.6) is 0 Å². The Kier molecular flexibility index (Phi) is 8.04. The van der Waals surface area contributed by atoms with E-state index in [0.717, 1.165) is 0 Å². The minimum absolute atomic E-state index is 0.0226. The smallest absolute Gasteiger partial charge is 0.235 e. The molecule has 0 spiro atoms. The Bertz CT molecular complexity index is 251. The molecule has 0 radical (unpaired) electrons. The lowest BCUT2D eigenvalue weighted by Gasteiger charge is -2.25. The van der Waals surface area contributed by atoms with Gasteiger partial charge in [0.15, 0.2) is 0 Å². The van der Waals surface area contributed by atoms with E-state index >= 15 is 0 Å². The fourth-order valence-corrected chi connectivity index (χ4v) is 1.35. The van der Waals surface area contributed by atoms with Crippen LogP contribution in [0.3, 0.4) is 0 Å². The molecule has 1 atom stereocenters. The molecule has 92 valence electrons. The van der Waals surface area contributed by atoms with Crippen LogP contribution in [0.4, 0.5) is 0 Å². The van der Waals surface area contributed by atoms with Gasteiger partial charge in [0.1, 0.15) is 0 Å². The number of nitrogens with zero attached hydrogens (tertiary/aromatic N) is 2. The number of methoxy groups -OCH3 is 1. The second-order valence-electron chi connectivity index (χ2n) is 3.92. The second-order valence-corrected chi connectivity index (χ2v) is 4.47. The van der Waals surface area contributed by atoms with E-state index in [-0.39, 0.29) is 17.1 Å². The summed E-state index contributed by atoms with van der Waals surface area (Å²) in [5, 5.41) is 8.22. The van der Waals surface area contributed by atoms with E-state index < -0.39 is 0 Å². The van der Waals surface area contributed by atoms with E-state index in [1.165, 1.54) is 0 Å². The molecule has 0 saturated heterocycles. The zero-order valence-electron chi connectivity index (χ0n) is 10.1. The number of rotatable bonds is 7. The summed E-state index contributed by atoms with van der Waals surface area (Å²) >= 11 is 4.29. The SMILES string of the molecule is COCCN(CCC#N)C(=O)C(S)C(C)C. The van der Waals surface area contributed by atoms with Gasteiger partial charge in [0.2, 0.25) is 5.91 Å². The first-order valence-corrected chi connectivity index (χ1v) is 5.89. The highest BCUT2D eigenvalue weighted by Gasteiger charge is 2.23. The van der Waals surface area contributed by atoms with Crippen molar-refractivity contribution in [2.24, 2.45) is 5.92 Å². The number of nitriles is 1. The standard InChI is InChI=1S/C11H20N2O2S/c1-9(2)10(16)11(14)13(6-4-5-12)7-8-15-3/h9-10,16H,4,6-8H2,1-3H3. The average Bonchev–Trinajstić information content (AvgIpc) is 2.27. The number of ether oxygens (including phenoxy) is 1. The molecule has 4 nitrogen and oxygen atoms in total. The van der Waals surface area contributed by atoms with Crippen molar-refractivity contribution in [1.82, 2.24) is 4.90 Å². The summed E-state index contributed by atoms with van der Waals surface area (Å²) in [6, 6.07) is 2.04. The number of thiol groups is 1. The molecule has 0 rings (SSSR count). The Morgan fingerprint density at radius 3 is 2.56 bits per heavy atom. The van der Waals surface area contributed by atoms with Gasteiger partial charge >= 0.3 is 0 Å². The van der Waals surface area contributed by atoms with Crippen LogP contribution in [0.15, 0.2) is 0 Å². The number of carbonyl (C=O) groups excluding carboxylic acids is 1. The molecule has 0 heterocycles. The van der Waals surface area contributed by atoms with Gasteiger partial charge in [-0.2, -0.15) is 17.9 Å². The molecule has 0 aliphatic rings. The lowest BCUT2D eigenvalue weighted by atomic mass is 10.1. The summed E-state index contributed by atoms with van der Waals surface area (Å²) < 4.78 is 4.94. The van der Waals surface area contributed by atoms with Gasteiger partial charge in [-0.15, -0.1) is 0 Å². The van der Waals surface area contributed by atoms with Crippen LogP contribution in [0.1, 0.15) is 20.3 Å². The first-order chi connectivity index (χ1) is 7.54. The molecule has 0 aromatic rings. The Morgan fingerprint density at radius 1 is 1.50 bits per heavy atom. The van der Waals surface area contributed by atoms with Crippen LogP contribution in [0.25, 0.3) is 0 Å². The number of amides is 1. The van der Waals surface area contributed by atoms with E-state index in [1.807, 2.05) is 19.9 Å². The molecule has 0 N–H and O–H groups in total. The van der Waals surface area contributed by atoms with E-state index in [1.54, 1.807) is 12.0 Å². The fourth-order valence-electron chi connectivity index (χ4n) is 1.19.